The molecule has 12 aromatic rings. The molecule has 53 heavy (non-hydrogen) atoms. The van der Waals surface area contributed by atoms with Crippen molar-refractivity contribution in [3.05, 3.63) is 170 Å². The van der Waals surface area contributed by atoms with Gasteiger partial charge < -0.3 is 13.6 Å². The standard InChI is InChI=1S/C50H28N2O/c1-2-14-32-29(11-1)12-10-21-41(32)52-43-25-23-37-35-17-5-7-20-42(35)51(31-27-30-13-9-19-36-33-15-3-4-16-34(33)40(28-31)46(30)36)49(37)47(43)39-24-26-45-48(50(39)52)38-18-6-8-22-44(38)53-45/h1-28H. The number of furan rings is 1. The van der Waals surface area contributed by atoms with Crippen LogP contribution in [0.5, 0.6) is 0 Å². The zero-order chi connectivity index (χ0) is 34.4. The quantitative estimate of drug-likeness (QED) is 0.179. The van der Waals surface area contributed by atoms with E-state index in [9.17, 15) is 0 Å². The van der Waals surface area contributed by atoms with Crippen LogP contribution in [0.3, 0.4) is 0 Å². The van der Waals surface area contributed by atoms with E-state index in [0.29, 0.717) is 0 Å². The summed E-state index contributed by atoms with van der Waals surface area (Å²) in [6.07, 6.45) is 0. The maximum Gasteiger partial charge on any atom is 0.137 e. The van der Waals surface area contributed by atoms with Gasteiger partial charge in [0.1, 0.15) is 11.2 Å². The molecular formula is C50H28N2O. The highest BCUT2D eigenvalue weighted by Crippen LogP contribution is 2.50. The number of aromatic nitrogens is 2. The second kappa shape index (κ2) is 9.81. The van der Waals surface area contributed by atoms with E-state index in [1.807, 2.05) is 0 Å². The Morgan fingerprint density at radius 3 is 1.94 bits per heavy atom. The molecule has 0 atom stereocenters. The first-order chi connectivity index (χ1) is 26.3. The zero-order valence-electron chi connectivity index (χ0n) is 28.5. The van der Waals surface area contributed by atoms with Gasteiger partial charge in [0, 0.05) is 38.0 Å². The summed E-state index contributed by atoms with van der Waals surface area (Å²) in [6.45, 7) is 0. The molecule has 3 aromatic heterocycles. The van der Waals surface area contributed by atoms with E-state index in [1.54, 1.807) is 0 Å². The Morgan fingerprint density at radius 2 is 1.02 bits per heavy atom. The van der Waals surface area contributed by atoms with Crippen LogP contribution in [-0.2, 0) is 0 Å². The van der Waals surface area contributed by atoms with E-state index < -0.39 is 0 Å². The van der Waals surface area contributed by atoms with Crippen molar-refractivity contribution in [3.63, 3.8) is 0 Å². The van der Waals surface area contributed by atoms with E-state index >= 15 is 0 Å². The average Bonchev–Trinajstić information content (AvgIpc) is 3.95. The second-order valence-corrected chi connectivity index (χ2v) is 14.4. The molecule has 0 fully saturated rings. The summed E-state index contributed by atoms with van der Waals surface area (Å²) in [7, 11) is 0. The van der Waals surface area contributed by atoms with Crippen molar-refractivity contribution in [1.82, 2.24) is 9.13 Å². The van der Waals surface area contributed by atoms with Crippen LogP contribution in [-0.4, -0.2) is 9.13 Å². The molecule has 1 aliphatic rings. The summed E-state index contributed by atoms with van der Waals surface area (Å²) in [5, 5.41) is 12.2. The van der Waals surface area contributed by atoms with E-state index in [1.165, 1.54) is 93.1 Å². The minimum absolute atomic E-state index is 0.895. The van der Waals surface area contributed by atoms with Gasteiger partial charge in [0.25, 0.3) is 0 Å². The van der Waals surface area contributed by atoms with Crippen molar-refractivity contribution in [2.45, 2.75) is 0 Å². The smallest absolute Gasteiger partial charge is 0.137 e. The van der Waals surface area contributed by atoms with Crippen LogP contribution in [0.15, 0.2) is 174 Å². The van der Waals surface area contributed by atoms with Crippen LogP contribution in [0, 0.1) is 0 Å². The Balaban J connectivity index is 1.26. The molecule has 0 saturated heterocycles. The van der Waals surface area contributed by atoms with Crippen molar-refractivity contribution in [3.8, 4) is 33.6 Å². The molecule has 3 heteroatoms. The summed E-state index contributed by atoms with van der Waals surface area (Å²) in [6, 6.07) is 62.3. The number of fused-ring (bicyclic) bond motifs is 15. The van der Waals surface area contributed by atoms with Gasteiger partial charge in [0.05, 0.1) is 33.1 Å². The SMILES string of the molecule is c1ccc2c(c1)-c1cccc3cc(-n4c5ccccc5c5ccc6c(c7ccc8oc9ccccc9c8c7n6-c6cccc7ccccc67)c54)cc-2c13. The number of benzene rings is 9. The molecule has 244 valence electrons. The molecule has 0 unspecified atom stereocenters. The van der Waals surface area contributed by atoms with Gasteiger partial charge in [-0.2, -0.15) is 0 Å². The van der Waals surface area contributed by atoms with Crippen LogP contribution >= 0.6 is 0 Å². The lowest BCUT2D eigenvalue weighted by molar-refractivity contribution is 0.669. The van der Waals surface area contributed by atoms with Crippen molar-refractivity contribution >= 4 is 87.1 Å². The molecule has 3 heterocycles. The molecule has 3 nitrogen and oxygen atoms in total. The monoisotopic (exact) mass is 672 g/mol. The van der Waals surface area contributed by atoms with Gasteiger partial charge in [-0.05, 0) is 86.9 Å². The van der Waals surface area contributed by atoms with Gasteiger partial charge in [-0.15, -0.1) is 0 Å². The zero-order valence-corrected chi connectivity index (χ0v) is 28.5. The number of nitrogens with zero attached hydrogens (tertiary/aromatic N) is 2. The highest BCUT2D eigenvalue weighted by atomic mass is 16.3. The molecule has 0 amide bonds. The second-order valence-electron chi connectivity index (χ2n) is 14.4. The Labute approximate surface area is 303 Å². The van der Waals surface area contributed by atoms with Crippen LogP contribution in [0.25, 0.3) is 121 Å². The molecule has 9 aromatic carbocycles. The molecule has 0 radical (unpaired) electrons. The first kappa shape index (κ1) is 27.6. The van der Waals surface area contributed by atoms with Gasteiger partial charge in [-0.3, -0.25) is 0 Å². The minimum atomic E-state index is 0.895. The van der Waals surface area contributed by atoms with Gasteiger partial charge in [0.2, 0.25) is 0 Å². The van der Waals surface area contributed by atoms with Crippen LogP contribution in [0.1, 0.15) is 0 Å². The van der Waals surface area contributed by atoms with Crippen LogP contribution in [0.4, 0.5) is 0 Å². The van der Waals surface area contributed by atoms with Crippen molar-refractivity contribution in [1.29, 1.82) is 0 Å². The number of hydrogen-bond acceptors (Lipinski definition) is 1. The number of rotatable bonds is 2. The lowest BCUT2D eigenvalue weighted by Crippen LogP contribution is -1.97. The summed E-state index contributed by atoms with van der Waals surface area (Å²) in [5.41, 5.74) is 14.1. The minimum Gasteiger partial charge on any atom is -0.456 e. The molecule has 0 saturated carbocycles. The average molecular weight is 673 g/mol. The lowest BCUT2D eigenvalue weighted by atomic mass is 10.0. The first-order valence-corrected chi connectivity index (χ1v) is 18.3. The predicted molar refractivity (Wildman–Crippen MR) is 222 cm³/mol. The van der Waals surface area contributed by atoms with Gasteiger partial charge >= 0.3 is 0 Å². The Hall–Kier alpha value is -7.10. The summed E-state index contributed by atoms with van der Waals surface area (Å²) in [4.78, 5) is 0. The van der Waals surface area contributed by atoms with E-state index in [0.717, 1.165) is 27.6 Å². The Morgan fingerprint density at radius 1 is 0.340 bits per heavy atom. The molecular weight excluding hydrogens is 645 g/mol. The Bertz CT molecular complexity index is 3570. The molecule has 0 bridgehead atoms. The molecule has 1 aliphatic carbocycles. The van der Waals surface area contributed by atoms with Crippen molar-refractivity contribution in [2.75, 3.05) is 0 Å². The summed E-state index contributed by atoms with van der Waals surface area (Å²) >= 11 is 0. The molecule has 0 aliphatic heterocycles. The maximum absolute atomic E-state index is 6.54. The van der Waals surface area contributed by atoms with Crippen LogP contribution in [0.2, 0.25) is 0 Å². The normalized spacial score (nSPS) is 12.5. The molecule has 0 spiro atoms. The number of para-hydroxylation sites is 2. The van der Waals surface area contributed by atoms with Gasteiger partial charge in [-0.25, -0.2) is 0 Å². The molecule has 13 rings (SSSR count). The summed E-state index contributed by atoms with van der Waals surface area (Å²) in [5.74, 6) is 0. The maximum atomic E-state index is 6.54. The fraction of sp³-hybridized carbons (Fsp3) is 0. The lowest BCUT2D eigenvalue weighted by Gasteiger charge is -2.13. The topological polar surface area (TPSA) is 23.0 Å². The predicted octanol–water partition coefficient (Wildman–Crippen LogP) is 13.7. The highest BCUT2D eigenvalue weighted by molar-refractivity contribution is 6.31. The number of hydrogen-bond donors (Lipinski definition) is 0. The van der Waals surface area contributed by atoms with Crippen molar-refractivity contribution in [2.24, 2.45) is 0 Å². The fourth-order valence-electron chi connectivity index (χ4n) is 9.70. The van der Waals surface area contributed by atoms with Crippen molar-refractivity contribution < 1.29 is 4.42 Å². The van der Waals surface area contributed by atoms with Gasteiger partial charge in [-0.1, -0.05) is 121 Å². The summed E-state index contributed by atoms with van der Waals surface area (Å²) < 4.78 is 11.6. The Kier molecular flexibility index (Phi) is 5.11. The third kappa shape index (κ3) is 3.44. The van der Waals surface area contributed by atoms with E-state index in [4.69, 9.17) is 4.42 Å². The van der Waals surface area contributed by atoms with Gasteiger partial charge in [0.15, 0.2) is 0 Å². The largest absolute Gasteiger partial charge is 0.456 e. The first-order valence-electron chi connectivity index (χ1n) is 18.3. The third-order valence-electron chi connectivity index (χ3n) is 11.8. The van der Waals surface area contributed by atoms with E-state index in [-0.39, 0.29) is 0 Å². The van der Waals surface area contributed by atoms with E-state index in [2.05, 4.69) is 179 Å². The third-order valence-corrected chi connectivity index (χ3v) is 11.8. The van der Waals surface area contributed by atoms with Crippen LogP contribution < -0.4 is 0 Å². The highest BCUT2D eigenvalue weighted by Gasteiger charge is 2.26. The molecule has 0 N–H and O–H groups in total. The fourth-order valence-corrected chi connectivity index (χ4v) is 9.70.